The number of amides is 2. The van der Waals surface area contributed by atoms with E-state index in [0.29, 0.717) is 39.5 Å². The lowest BCUT2D eigenvalue weighted by molar-refractivity contribution is 0.0956. The van der Waals surface area contributed by atoms with Gasteiger partial charge in [-0.3, -0.25) is 9.59 Å². The van der Waals surface area contributed by atoms with Crippen molar-refractivity contribution < 1.29 is 14.3 Å². The Kier molecular flexibility index (Phi) is 7.11. The number of nitrogens with zero attached hydrogens (tertiary/aromatic N) is 3. The molecule has 1 aliphatic heterocycles. The number of benzene rings is 1. The molecule has 1 aromatic carbocycles. The Hall–Kier alpha value is -2.75. The zero-order valence-corrected chi connectivity index (χ0v) is 20.2. The normalized spacial score (nSPS) is 13.3. The van der Waals surface area contributed by atoms with E-state index in [1.807, 2.05) is 6.92 Å². The fourth-order valence-electron chi connectivity index (χ4n) is 3.25. The highest BCUT2D eigenvalue weighted by Crippen LogP contribution is 2.29. The van der Waals surface area contributed by atoms with Crippen molar-refractivity contribution in [2.45, 2.75) is 20.0 Å². The molecular weight excluding hydrogens is 485 g/mol. The van der Waals surface area contributed by atoms with Crippen molar-refractivity contribution in [2.75, 3.05) is 23.4 Å². The summed E-state index contributed by atoms with van der Waals surface area (Å²) in [5.74, 6) is 1.46. The Bertz CT molecular complexity index is 1210. The average Bonchev–Trinajstić information content (AvgIpc) is 3.17. The van der Waals surface area contributed by atoms with Crippen LogP contribution in [-0.2, 0) is 0 Å². The van der Waals surface area contributed by atoms with Crippen LogP contribution in [0.1, 0.15) is 33.3 Å². The van der Waals surface area contributed by atoms with Crippen LogP contribution in [-0.4, -0.2) is 50.7 Å². The van der Waals surface area contributed by atoms with Gasteiger partial charge in [-0.2, -0.15) is 11.8 Å². The third-order valence-corrected chi connectivity index (χ3v) is 6.60. The zero-order valence-electron chi connectivity index (χ0n) is 17.9. The van der Waals surface area contributed by atoms with Gasteiger partial charge in [0.2, 0.25) is 5.88 Å². The van der Waals surface area contributed by atoms with Crippen LogP contribution in [0.25, 0.3) is 5.82 Å². The van der Waals surface area contributed by atoms with Gasteiger partial charge in [-0.15, -0.1) is 5.10 Å². The Morgan fingerprint density at radius 3 is 2.70 bits per heavy atom. The van der Waals surface area contributed by atoms with E-state index >= 15 is 0 Å². The van der Waals surface area contributed by atoms with Crippen molar-refractivity contribution in [3.8, 4) is 11.7 Å². The maximum atomic E-state index is 13.4. The van der Waals surface area contributed by atoms with Gasteiger partial charge in [0.25, 0.3) is 11.8 Å². The molecule has 11 heteroatoms. The van der Waals surface area contributed by atoms with E-state index in [4.69, 9.17) is 27.9 Å². The smallest absolute Gasteiger partial charge is 0.274 e. The van der Waals surface area contributed by atoms with Crippen molar-refractivity contribution in [3.05, 3.63) is 63.4 Å². The average molecular weight is 506 g/mol. The van der Waals surface area contributed by atoms with Crippen LogP contribution in [0, 0.1) is 6.92 Å². The summed E-state index contributed by atoms with van der Waals surface area (Å²) in [6, 6.07) is 8.08. The Morgan fingerprint density at radius 1 is 1.24 bits per heavy atom. The zero-order chi connectivity index (χ0) is 23.5. The molecule has 0 aliphatic carbocycles. The topological polar surface area (TPSA) is 98.1 Å². The molecule has 1 aliphatic rings. The number of hydrogen-bond donors (Lipinski definition) is 2. The number of aryl methyl sites for hydroxylation is 1. The number of pyridine rings is 1. The highest BCUT2D eigenvalue weighted by molar-refractivity contribution is 8.00. The van der Waals surface area contributed by atoms with Gasteiger partial charge in [0.15, 0.2) is 5.82 Å². The molecular formula is C22H21Cl2N5O3S. The van der Waals surface area contributed by atoms with Crippen molar-refractivity contribution in [1.29, 1.82) is 0 Å². The van der Waals surface area contributed by atoms with E-state index in [1.165, 1.54) is 10.7 Å². The third-order valence-electron chi connectivity index (χ3n) is 4.87. The van der Waals surface area contributed by atoms with Crippen LogP contribution in [0.15, 0.2) is 36.5 Å². The van der Waals surface area contributed by atoms with E-state index in [-0.39, 0.29) is 23.3 Å². The summed E-state index contributed by atoms with van der Waals surface area (Å²) >= 11 is 14.3. The summed E-state index contributed by atoms with van der Waals surface area (Å²) < 4.78 is 7.22. The predicted octanol–water partition coefficient (Wildman–Crippen LogP) is 4.38. The highest BCUT2D eigenvalue weighted by Gasteiger charge is 2.26. The molecule has 33 heavy (non-hydrogen) atoms. The van der Waals surface area contributed by atoms with Gasteiger partial charge >= 0.3 is 0 Å². The second-order valence-electron chi connectivity index (χ2n) is 7.32. The molecule has 1 saturated heterocycles. The Balaban J connectivity index is 1.73. The Labute approximate surface area is 205 Å². The molecule has 0 saturated carbocycles. The molecule has 3 heterocycles. The number of ether oxygens (including phenoxy) is 1. The molecule has 0 atom stereocenters. The first-order valence-electron chi connectivity index (χ1n) is 10.2. The minimum absolute atomic E-state index is 0.0383. The molecule has 0 unspecified atom stereocenters. The van der Waals surface area contributed by atoms with Crippen LogP contribution in [0.2, 0.25) is 10.0 Å². The molecule has 1 fully saturated rings. The first-order valence-corrected chi connectivity index (χ1v) is 12.1. The van der Waals surface area contributed by atoms with Gasteiger partial charge in [-0.1, -0.05) is 23.2 Å². The quantitative estimate of drug-likeness (QED) is 0.494. The van der Waals surface area contributed by atoms with Gasteiger partial charge in [-0.25, -0.2) is 9.67 Å². The van der Waals surface area contributed by atoms with Gasteiger partial charge in [0, 0.05) is 35.3 Å². The number of anilines is 1. The maximum Gasteiger partial charge on any atom is 0.274 e. The number of nitrogens with one attached hydrogen (secondary N) is 2. The van der Waals surface area contributed by atoms with E-state index < -0.39 is 5.91 Å². The number of rotatable bonds is 7. The maximum absolute atomic E-state index is 13.4. The number of halogens is 2. The minimum atomic E-state index is -0.502. The standard InChI is InChI=1S/C22H21Cl2N5O3S/c1-3-25-21(30)15-8-13(23)7-12(2)19(15)27-22(31)17-9-18(32-14-10-33-11-14)28-29(17)20-16(24)5-4-6-26-20/h4-9,14H,3,10-11H2,1-2H3,(H,25,30)(H,27,31). The first kappa shape index (κ1) is 23.4. The molecule has 2 amide bonds. The van der Waals surface area contributed by atoms with Gasteiger partial charge in [0.05, 0.1) is 16.3 Å². The van der Waals surface area contributed by atoms with Gasteiger partial charge < -0.3 is 15.4 Å². The molecule has 0 radical (unpaired) electrons. The van der Waals surface area contributed by atoms with E-state index in [9.17, 15) is 9.59 Å². The van der Waals surface area contributed by atoms with E-state index in [2.05, 4.69) is 20.7 Å². The largest absolute Gasteiger partial charge is 0.472 e. The lowest BCUT2D eigenvalue weighted by atomic mass is 10.1. The van der Waals surface area contributed by atoms with Crippen LogP contribution in [0.3, 0.4) is 0 Å². The number of hydrogen-bond acceptors (Lipinski definition) is 6. The molecule has 2 aromatic heterocycles. The number of thioether (sulfide) groups is 1. The van der Waals surface area contributed by atoms with Crippen molar-refractivity contribution >= 4 is 52.5 Å². The fraction of sp³-hybridized carbons (Fsp3) is 0.273. The molecule has 2 N–H and O–H groups in total. The summed E-state index contributed by atoms with van der Waals surface area (Å²) in [5, 5.41) is 10.7. The molecule has 172 valence electrons. The molecule has 3 aromatic rings. The summed E-state index contributed by atoms with van der Waals surface area (Å²) in [5.41, 5.74) is 1.42. The summed E-state index contributed by atoms with van der Waals surface area (Å²) in [7, 11) is 0. The van der Waals surface area contributed by atoms with Crippen LogP contribution in [0.5, 0.6) is 5.88 Å². The summed E-state index contributed by atoms with van der Waals surface area (Å²) in [6.45, 7) is 4.01. The first-order chi connectivity index (χ1) is 15.9. The molecule has 8 nitrogen and oxygen atoms in total. The molecule has 0 spiro atoms. The van der Waals surface area contributed by atoms with Gasteiger partial charge in [-0.05, 0) is 43.7 Å². The van der Waals surface area contributed by atoms with E-state index in [0.717, 1.165) is 11.5 Å². The lowest BCUT2D eigenvalue weighted by Gasteiger charge is -2.24. The summed E-state index contributed by atoms with van der Waals surface area (Å²) in [6.07, 6.45) is 1.60. The summed E-state index contributed by atoms with van der Waals surface area (Å²) in [4.78, 5) is 30.3. The minimum Gasteiger partial charge on any atom is -0.472 e. The van der Waals surface area contributed by atoms with Crippen molar-refractivity contribution in [3.63, 3.8) is 0 Å². The monoisotopic (exact) mass is 505 g/mol. The van der Waals surface area contributed by atoms with Crippen LogP contribution in [0.4, 0.5) is 5.69 Å². The highest BCUT2D eigenvalue weighted by atomic mass is 35.5. The number of carbonyl (C=O) groups is 2. The Morgan fingerprint density at radius 2 is 2.03 bits per heavy atom. The SMILES string of the molecule is CCNC(=O)c1cc(Cl)cc(C)c1NC(=O)c1cc(OC2CSC2)nn1-c1ncccc1Cl. The second-order valence-corrected chi connectivity index (χ2v) is 9.24. The predicted molar refractivity (Wildman–Crippen MR) is 130 cm³/mol. The van der Waals surface area contributed by atoms with Crippen LogP contribution < -0.4 is 15.4 Å². The van der Waals surface area contributed by atoms with Crippen LogP contribution >= 0.6 is 35.0 Å². The number of aromatic nitrogens is 3. The lowest BCUT2D eigenvalue weighted by Crippen LogP contribution is -2.31. The van der Waals surface area contributed by atoms with Crippen molar-refractivity contribution in [2.24, 2.45) is 0 Å². The second kappa shape index (κ2) is 10.0. The molecule has 0 bridgehead atoms. The third kappa shape index (κ3) is 5.10. The van der Waals surface area contributed by atoms with Crippen molar-refractivity contribution in [1.82, 2.24) is 20.1 Å². The fourth-order valence-corrected chi connectivity index (χ4v) is 4.29. The number of carbonyl (C=O) groups excluding carboxylic acids is 2. The van der Waals surface area contributed by atoms with E-state index in [1.54, 1.807) is 49.1 Å². The van der Waals surface area contributed by atoms with Gasteiger partial charge in [0.1, 0.15) is 11.8 Å². The molecule has 4 rings (SSSR count).